The average molecular weight is 222 g/mol. The molecule has 0 radical (unpaired) electrons. The highest BCUT2D eigenvalue weighted by atomic mass is 16.5. The molecule has 2 rings (SSSR count). The Kier molecular flexibility index (Phi) is 3.10. The van der Waals surface area contributed by atoms with Crippen LogP contribution >= 0.6 is 0 Å². The molecule has 1 saturated carbocycles. The third-order valence-corrected chi connectivity index (χ3v) is 3.42. The maximum absolute atomic E-state index is 12.2. The summed E-state index contributed by atoms with van der Waals surface area (Å²) < 4.78 is 7.17. The predicted octanol–water partition coefficient (Wildman–Crippen LogP) is 1.49. The van der Waals surface area contributed by atoms with Gasteiger partial charge in [-0.2, -0.15) is 5.10 Å². The monoisotopic (exact) mass is 222 g/mol. The van der Waals surface area contributed by atoms with Crippen molar-refractivity contribution in [1.29, 1.82) is 0 Å². The second-order valence-electron chi connectivity index (χ2n) is 4.49. The van der Waals surface area contributed by atoms with E-state index in [1.807, 2.05) is 19.3 Å². The van der Waals surface area contributed by atoms with Gasteiger partial charge >= 0.3 is 0 Å². The minimum absolute atomic E-state index is 0.172. The maximum atomic E-state index is 12.2. The molecular weight excluding hydrogens is 204 g/mol. The van der Waals surface area contributed by atoms with Gasteiger partial charge in [0.25, 0.3) is 0 Å². The number of ether oxygens (including phenoxy) is 1. The normalized spacial score (nSPS) is 18.9. The van der Waals surface area contributed by atoms with Gasteiger partial charge in [-0.3, -0.25) is 9.48 Å². The Morgan fingerprint density at radius 2 is 2.25 bits per heavy atom. The summed E-state index contributed by atoms with van der Waals surface area (Å²) in [6.07, 6.45) is 6.12. The van der Waals surface area contributed by atoms with Crippen LogP contribution in [0.4, 0.5) is 0 Å². The quantitative estimate of drug-likeness (QED) is 0.775. The van der Waals surface area contributed by atoms with Crippen LogP contribution < -0.4 is 0 Å². The number of nitrogens with zero attached hydrogens (tertiary/aromatic N) is 2. The van der Waals surface area contributed by atoms with Crippen LogP contribution in [0.3, 0.4) is 0 Å². The molecule has 0 N–H and O–H groups in total. The summed E-state index contributed by atoms with van der Waals surface area (Å²) in [5, 5.41) is 4.23. The number of rotatable bonds is 4. The van der Waals surface area contributed by atoms with Crippen molar-refractivity contribution in [2.24, 2.45) is 7.05 Å². The maximum Gasteiger partial charge on any atom is 0.170 e. The Bertz CT molecular complexity index is 378. The molecule has 0 spiro atoms. The van der Waals surface area contributed by atoms with Crippen LogP contribution in [0, 0.1) is 0 Å². The van der Waals surface area contributed by atoms with Crippen LogP contribution in [0.2, 0.25) is 0 Å². The standard InChI is InChI=1S/C12H18N2O2/c1-14-8-5-10(13-14)9-11(15)12(16-2)6-3-4-7-12/h5,8H,3-4,6-7,9H2,1-2H3. The fourth-order valence-electron chi connectivity index (χ4n) is 2.43. The van der Waals surface area contributed by atoms with Crippen molar-refractivity contribution >= 4 is 5.78 Å². The number of aromatic nitrogens is 2. The average Bonchev–Trinajstić information content (AvgIpc) is 2.88. The van der Waals surface area contributed by atoms with Gasteiger partial charge in [-0.1, -0.05) is 0 Å². The van der Waals surface area contributed by atoms with Gasteiger partial charge in [-0.15, -0.1) is 0 Å². The molecule has 1 heterocycles. The van der Waals surface area contributed by atoms with Crippen LogP contribution in [0.25, 0.3) is 0 Å². The molecular formula is C12H18N2O2. The molecule has 0 aliphatic heterocycles. The summed E-state index contributed by atoms with van der Waals surface area (Å²) in [4.78, 5) is 12.2. The van der Waals surface area contributed by atoms with Crippen molar-refractivity contribution in [2.45, 2.75) is 37.7 Å². The number of carbonyl (C=O) groups is 1. The van der Waals surface area contributed by atoms with E-state index in [2.05, 4.69) is 5.10 Å². The predicted molar refractivity (Wildman–Crippen MR) is 60.1 cm³/mol. The van der Waals surface area contributed by atoms with Crippen LogP contribution in [0.5, 0.6) is 0 Å². The van der Waals surface area contributed by atoms with E-state index in [1.165, 1.54) is 0 Å². The molecule has 4 heteroatoms. The van der Waals surface area contributed by atoms with Crippen molar-refractivity contribution < 1.29 is 9.53 Å². The summed E-state index contributed by atoms with van der Waals surface area (Å²) in [6, 6.07) is 1.89. The number of carbonyl (C=O) groups excluding carboxylic acids is 1. The van der Waals surface area contributed by atoms with Gasteiger partial charge in [0.2, 0.25) is 0 Å². The lowest BCUT2D eigenvalue weighted by molar-refractivity contribution is -0.139. The zero-order chi connectivity index (χ0) is 11.6. The molecule has 0 atom stereocenters. The molecule has 1 aliphatic carbocycles. The van der Waals surface area contributed by atoms with Crippen LogP contribution in [0.15, 0.2) is 12.3 Å². The summed E-state index contributed by atoms with van der Waals surface area (Å²) >= 11 is 0. The summed E-state index contributed by atoms with van der Waals surface area (Å²) in [5.74, 6) is 0.172. The fourth-order valence-corrected chi connectivity index (χ4v) is 2.43. The van der Waals surface area contributed by atoms with E-state index in [-0.39, 0.29) is 5.78 Å². The molecule has 1 aromatic heterocycles. The SMILES string of the molecule is COC1(C(=O)Cc2ccn(C)n2)CCCC1. The number of aryl methyl sites for hydroxylation is 1. The highest BCUT2D eigenvalue weighted by Crippen LogP contribution is 2.34. The van der Waals surface area contributed by atoms with Crippen LogP contribution in [-0.4, -0.2) is 28.3 Å². The Labute approximate surface area is 95.6 Å². The number of Topliss-reactive ketones (excluding diaryl/α,β-unsaturated/α-hetero) is 1. The molecule has 0 aromatic carbocycles. The first-order valence-corrected chi connectivity index (χ1v) is 5.73. The van der Waals surface area contributed by atoms with E-state index in [0.717, 1.165) is 31.4 Å². The number of hydrogen-bond donors (Lipinski definition) is 0. The minimum atomic E-state index is -0.530. The van der Waals surface area contributed by atoms with Crippen molar-refractivity contribution in [1.82, 2.24) is 9.78 Å². The van der Waals surface area contributed by atoms with Crippen LogP contribution in [0.1, 0.15) is 31.4 Å². The zero-order valence-corrected chi connectivity index (χ0v) is 9.90. The minimum Gasteiger partial charge on any atom is -0.370 e. The van der Waals surface area contributed by atoms with Crippen LogP contribution in [-0.2, 0) is 23.0 Å². The molecule has 0 amide bonds. The van der Waals surface area contributed by atoms with Crippen molar-refractivity contribution in [3.8, 4) is 0 Å². The topological polar surface area (TPSA) is 44.1 Å². The summed E-state index contributed by atoms with van der Waals surface area (Å²) in [5.41, 5.74) is 0.299. The van der Waals surface area contributed by atoms with Crippen molar-refractivity contribution in [3.05, 3.63) is 18.0 Å². The van der Waals surface area contributed by atoms with Gasteiger partial charge < -0.3 is 4.74 Å². The number of ketones is 1. The Morgan fingerprint density at radius 1 is 1.56 bits per heavy atom. The smallest absolute Gasteiger partial charge is 0.170 e. The molecule has 0 saturated heterocycles. The van der Waals surface area contributed by atoms with Gasteiger partial charge in [-0.25, -0.2) is 0 Å². The van der Waals surface area contributed by atoms with Gasteiger partial charge in [0.15, 0.2) is 5.78 Å². The first-order chi connectivity index (χ1) is 7.66. The van der Waals surface area contributed by atoms with E-state index < -0.39 is 5.60 Å². The van der Waals surface area contributed by atoms with Crippen molar-refractivity contribution in [2.75, 3.05) is 7.11 Å². The molecule has 16 heavy (non-hydrogen) atoms. The van der Waals surface area contributed by atoms with E-state index in [4.69, 9.17) is 4.74 Å². The van der Waals surface area contributed by atoms with E-state index >= 15 is 0 Å². The molecule has 0 unspecified atom stereocenters. The van der Waals surface area contributed by atoms with E-state index in [9.17, 15) is 4.79 Å². The van der Waals surface area contributed by atoms with E-state index in [0.29, 0.717) is 6.42 Å². The van der Waals surface area contributed by atoms with E-state index in [1.54, 1.807) is 11.8 Å². The summed E-state index contributed by atoms with van der Waals surface area (Å²) in [6.45, 7) is 0. The first-order valence-electron chi connectivity index (χ1n) is 5.73. The second-order valence-corrected chi connectivity index (χ2v) is 4.49. The zero-order valence-electron chi connectivity index (χ0n) is 9.90. The third kappa shape index (κ3) is 2.02. The first kappa shape index (κ1) is 11.3. The van der Waals surface area contributed by atoms with Crippen molar-refractivity contribution in [3.63, 3.8) is 0 Å². The molecule has 1 aliphatic rings. The highest BCUT2D eigenvalue weighted by Gasteiger charge is 2.40. The molecule has 1 aromatic rings. The molecule has 0 bridgehead atoms. The summed E-state index contributed by atoms with van der Waals surface area (Å²) in [7, 11) is 3.50. The molecule has 88 valence electrons. The molecule has 4 nitrogen and oxygen atoms in total. The lowest BCUT2D eigenvalue weighted by atomic mass is 9.93. The van der Waals surface area contributed by atoms with Gasteiger partial charge in [-0.05, 0) is 31.7 Å². The number of methoxy groups -OCH3 is 1. The Morgan fingerprint density at radius 3 is 2.75 bits per heavy atom. The molecule has 1 fully saturated rings. The second kappa shape index (κ2) is 4.37. The Balaban J connectivity index is 2.07. The van der Waals surface area contributed by atoms with Gasteiger partial charge in [0.1, 0.15) is 5.60 Å². The van der Waals surface area contributed by atoms with Gasteiger partial charge in [0, 0.05) is 20.4 Å². The lowest BCUT2D eigenvalue weighted by Crippen LogP contribution is -2.38. The Hall–Kier alpha value is -1.16. The third-order valence-electron chi connectivity index (χ3n) is 3.42. The number of hydrogen-bond acceptors (Lipinski definition) is 3. The fraction of sp³-hybridized carbons (Fsp3) is 0.667. The lowest BCUT2D eigenvalue weighted by Gasteiger charge is -2.25. The van der Waals surface area contributed by atoms with Gasteiger partial charge in [0.05, 0.1) is 12.1 Å². The largest absolute Gasteiger partial charge is 0.370 e. The highest BCUT2D eigenvalue weighted by molar-refractivity contribution is 5.89.